The molecule has 1 aliphatic rings. The van der Waals surface area contributed by atoms with E-state index in [1.807, 2.05) is 36.3 Å². The van der Waals surface area contributed by atoms with Crippen molar-refractivity contribution < 1.29 is 0 Å². The van der Waals surface area contributed by atoms with Gasteiger partial charge in [0.2, 0.25) is 0 Å². The van der Waals surface area contributed by atoms with Gasteiger partial charge in [0.1, 0.15) is 0 Å². The summed E-state index contributed by atoms with van der Waals surface area (Å²) >= 11 is 1.81. The molecule has 3 nitrogen and oxygen atoms in total. The van der Waals surface area contributed by atoms with Crippen molar-refractivity contribution in [1.29, 1.82) is 0 Å². The normalized spacial score (nSPS) is 23.1. The van der Waals surface area contributed by atoms with E-state index in [0.29, 0.717) is 0 Å². The number of aromatic nitrogens is 1. The van der Waals surface area contributed by atoms with Crippen LogP contribution in [0.15, 0.2) is 29.5 Å². The van der Waals surface area contributed by atoms with Gasteiger partial charge in [-0.05, 0) is 44.9 Å². The van der Waals surface area contributed by atoms with Crippen molar-refractivity contribution in [2.24, 2.45) is 4.99 Å². The van der Waals surface area contributed by atoms with Crippen LogP contribution in [0.2, 0.25) is 0 Å². The summed E-state index contributed by atoms with van der Waals surface area (Å²) in [6.45, 7) is 6.56. The number of amidine groups is 1. The molecule has 4 heteroatoms. The number of pyridine rings is 1. The Hall–Kier alpha value is -1.03. The maximum atomic E-state index is 4.74. The van der Waals surface area contributed by atoms with E-state index in [1.165, 1.54) is 12.0 Å². The van der Waals surface area contributed by atoms with Gasteiger partial charge in [0.05, 0.1) is 6.04 Å². The number of hydrogen-bond donors (Lipinski definition) is 1. The first-order valence-electron chi connectivity index (χ1n) is 5.95. The van der Waals surface area contributed by atoms with E-state index in [0.717, 1.165) is 10.9 Å². The van der Waals surface area contributed by atoms with Gasteiger partial charge in [-0.2, -0.15) is 0 Å². The zero-order chi connectivity index (χ0) is 12.3. The molecule has 1 atom stereocenters. The molecule has 1 unspecified atom stereocenters. The van der Waals surface area contributed by atoms with Gasteiger partial charge < -0.3 is 5.32 Å². The van der Waals surface area contributed by atoms with Crippen LogP contribution in [0.1, 0.15) is 38.8 Å². The zero-order valence-electron chi connectivity index (χ0n) is 10.6. The molecule has 92 valence electrons. The lowest BCUT2D eigenvalue weighted by Crippen LogP contribution is -2.46. The lowest BCUT2D eigenvalue weighted by atomic mass is 10.0. The first-order valence-corrected chi connectivity index (χ1v) is 6.94. The number of nitrogens with one attached hydrogen (secondary N) is 1. The second-order valence-corrected chi connectivity index (χ2v) is 6.08. The van der Waals surface area contributed by atoms with Gasteiger partial charge in [0, 0.05) is 23.7 Å². The molecule has 0 amide bonds. The highest BCUT2D eigenvalue weighted by molar-refractivity contribution is 8.13. The Balaban J connectivity index is 2.09. The van der Waals surface area contributed by atoms with Crippen LogP contribution in [0.4, 0.5) is 0 Å². The molecule has 1 saturated heterocycles. The van der Waals surface area contributed by atoms with E-state index in [4.69, 9.17) is 4.99 Å². The third kappa shape index (κ3) is 3.46. The average molecular weight is 249 g/mol. The SMILES string of the molecule is CC(N=C1NC(C)(C)CCS1)c1ccncc1. The fourth-order valence-corrected chi connectivity index (χ4v) is 3.14. The van der Waals surface area contributed by atoms with Gasteiger partial charge in [-0.3, -0.25) is 9.98 Å². The predicted molar refractivity (Wildman–Crippen MR) is 74.4 cm³/mol. The molecule has 0 spiro atoms. The van der Waals surface area contributed by atoms with Crippen LogP contribution in [-0.4, -0.2) is 21.4 Å². The standard InChI is InChI=1S/C13H19N3S/c1-10(11-4-7-14-8-5-11)15-12-16-13(2,3)6-9-17-12/h4-5,7-8,10H,6,9H2,1-3H3,(H,15,16). The molecule has 1 aromatic heterocycles. The van der Waals surface area contributed by atoms with Gasteiger partial charge in [0.25, 0.3) is 0 Å². The molecule has 0 radical (unpaired) electrons. The molecular formula is C13H19N3S. The van der Waals surface area contributed by atoms with Crippen LogP contribution in [0.25, 0.3) is 0 Å². The Kier molecular flexibility index (Phi) is 3.72. The number of nitrogens with zero attached hydrogens (tertiary/aromatic N) is 2. The molecule has 2 heterocycles. The lowest BCUT2D eigenvalue weighted by molar-refractivity contribution is 0.445. The van der Waals surface area contributed by atoms with Crippen molar-refractivity contribution in [1.82, 2.24) is 10.3 Å². The molecule has 1 aromatic rings. The minimum atomic E-state index is 0.169. The second kappa shape index (κ2) is 5.08. The summed E-state index contributed by atoms with van der Waals surface area (Å²) in [4.78, 5) is 8.77. The fraction of sp³-hybridized carbons (Fsp3) is 0.538. The Morgan fingerprint density at radius 1 is 1.41 bits per heavy atom. The van der Waals surface area contributed by atoms with E-state index < -0.39 is 0 Å². The molecule has 1 fully saturated rings. The molecule has 1 N–H and O–H groups in total. The van der Waals surface area contributed by atoms with Gasteiger partial charge in [-0.1, -0.05) is 11.8 Å². The maximum Gasteiger partial charge on any atom is 0.157 e. The van der Waals surface area contributed by atoms with Crippen molar-refractivity contribution in [3.05, 3.63) is 30.1 Å². The summed E-state index contributed by atoms with van der Waals surface area (Å²) in [5.74, 6) is 1.14. The fourth-order valence-electron chi connectivity index (χ4n) is 1.75. The molecule has 0 aromatic carbocycles. The third-order valence-corrected chi connectivity index (χ3v) is 3.80. The third-order valence-electron chi connectivity index (χ3n) is 2.91. The van der Waals surface area contributed by atoms with Crippen molar-refractivity contribution >= 4 is 16.9 Å². The van der Waals surface area contributed by atoms with E-state index in [9.17, 15) is 0 Å². The zero-order valence-corrected chi connectivity index (χ0v) is 11.4. The summed E-state index contributed by atoms with van der Waals surface area (Å²) in [5.41, 5.74) is 1.38. The summed E-state index contributed by atoms with van der Waals surface area (Å²) in [5, 5.41) is 4.55. The van der Waals surface area contributed by atoms with Crippen molar-refractivity contribution in [3.8, 4) is 0 Å². The van der Waals surface area contributed by atoms with Gasteiger partial charge >= 0.3 is 0 Å². The average Bonchev–Trinajstić information content (AvgIpc) is 2.29. The molecule has 0 aliphatic carbocycles. The summed E-state index contributed by atoms with van der Waals surface area (Å²) in [7, 11) is 0. The first kappa shape index (κ1) is 12.4. The Labute approximate surface area is 107 Å². The number of thioether (sulfide) groups is 1. The number of aliphatic imine (C=N–C) groups is 1. The van der Waals surface area contributed by atoms with Crippen molar-refractivity contribution in [2.45, 2.75) is 38.8 Å². The van der Waals surface area contributed by atoms with Crippen LogP contribution in [0.3, 0.4) is 0 Å². The van der Waals surface area contributed by atoms with Gasteiger partial charge in [0.15, 0.2) is 5.17 Å². The monoisotopic (exact) mass is 249 g/mol. The quantitative estimate of drug-likeness (QED) is 0.875. The Morgan fingerprint density at radius 2 is 2.12 bits per heavy atom. The Morgan fingerprint density at radius 3 is 2.76 bits per heavy atom. The molecule has 2 rings (SSSR count). The molecule has 17 heavy (non-hydrogen) atoms. The highest BCUT2D eigenvalue weighted by Gasteiger charge is 2.24. The predicted octanol–water partition coefficient (Wildman–Crippen LogP) is 3.00. The summed E-state index contributed by atoms with van der Waals surface area (Å²) < 4.78 is 0. The molecular weight excluding hydrogens is 230 g/mol. The van der Waals surface area contributed by atoms with Crippen LogP contribution >= 0.6 is 11.8 Å². The van der Waals surface area contributed by atoms with Crippen LogP contribution < -0.4 is 5.32 Å². The van der Waals surface area contributed by atoms with Crippen molar-refractivity contribution in [3.63, 3.8) is 0 Å². The molecule has 1 aliphatic heterocycles. The highest BCUT2D eigenvalue weighted by atomic mass is 32.2. The summed E-state index contributed by atoms with van der Waals surface area (Å²) in [6, 6.07) is 4.22. The molecule has 0 saturated carbocycles. The molecule has 0 bridgehead atoms. The second-order valence-electron chi connectivity index (χ2n) is 5.00. The van der Waals surface area contributed by atoms with E-state index in [1.54, 1.807) is 0 Å². The van der Waals surface area contributed by atoms with Crippen LogP contribution in [0.5, 0.6) is 0 Å². The van der Waals surface area contributed by atoms with E-state index >= 15 is 0 Å². The lowest BCUT2D eigenvalue weighted by Gasteiger charge is -2.32. The van der Waals surface area contributed by atoms with E-state index in [2.05, 4.69) is 31.1 Å². The van der Waals surface area contributed by atoms with Gasteiger partial charge in [-0.25, -0.2) is 0 Å². The topological polar surface area (TPSA) is 37.3 Å². The smallest absolute Gasteiger partial charge is 0.157 e. The maximum absolute atomic E-state index is 4.74. The van der Waals surface area contributed by atoms with Crippen LogP contribution in [0, 0.1) is 0 Å². The first-order chi connectivity index (χ1) is 8.07. The number of rotatable bonds is 2. The largest absolute Gasteiger partial charge is 0.360 e. The number of hydrogen-bond acceptors (Lipinski definition) is 3. The van der Waals surface area contributed by atoms with Crippen molar-refractivity contribution in [2.75, 3.05) is 5.75 Å². The summed E-state index contributed by atoms with van der Waals surface area (Å²) in [6.07, 6.45) is 4.81. The Bertz CT molecular complexity index is 400. The minimum Gasteiger partial charge on any atom is -0.360 e. The van der Waals surface area contributed by atoms with E-state index in [-0.39, 0.29) is 11.6 Å². The van der Waals surface area contributed by atoms with Crippen LogP contribution in [-0.2, 0) is 0 Å². The minimum absolute atomic E-state index is 0.169. The van der Waals surface area contributed by atoms with Gasteiger partial charge in [-0.15, -0.1) is 0 Å². The highest BCUT2D eigenvalue weighted by Crippen LogP contribution is 2.24.